The molecular weight excluding hydrogens is 424 g/mol. The van der Waals surface area contributed by atoms with Crippen molar-refractivity contribution in [2.24, 2.45) is 0 Å². The quantitative estimate of drug-likeness (QED) is 0.295. The molecule has 0 aromatic heterocycles. The fourth-order valence-electron chi connectivity index (χ4n) is 4.65. The van der Waals surface area contributed by atoms with Gasteiger partial charge in [-0.2, -0.15) is 0 Å². The van der Waals surface area contributed by atoms with Crippen LogP contribution in [-0.2, 0) is 19.1 Å². The molecule has 196 valence electrons. The van der Waals surface area contributed by atoms with Gasteiger partial charge in [-0.1, -0.05) is 89.2 Å². The summed E-state index contributed by atoms with van der Waals surface area (Å²) in [5.74, 6) is -0.360. The van der Waals surface area contributed by atoms with Crippen LogP contribution in [0.15, 0.2) is 24.3 Å². The molecule has 0 aliphatic heterocycles. The number of carbonyl (C=O) groups excluding carboxylic acids is 2. The highest BCUT2D eigenvalue weighted by molar-refractivity contribution is 5.66. The van der Waals surface area contributed by atoms with Crippen LogP contribution in [0, 0.1) is 0 Å². The Labute approximate surface area is 209 Å². The number of rotatable bonds is 2. The van der Waals surface area contributed by atoms with Gasteiger partial charge >= 0.3 is 11.9 Å². The zero-order valence-electron chi connectivity index (χ0n) is 22.2. The summed E-state index contributed by atoms with van der Waals surface area (Å²) in [5.41, 5.74) is 0. The van der Waals surface area contributed by atoms with Gasteiger partial charge in [0.15, 0.2) is 0 Å². The number of carbonyl (C=O) groups is 2. The summed E-state index contributed by atoms with van der Waals surface area (Å²) in [4.78, 5) is 22.9. The highest BCUT2D eigenvalue weighted by Gasteiger charge is 2.09. The molecule has 0 saturated heterocycles. The van der Waals surface area contributed by atoms with Crippen LogP contribution in [0.25, 0.3) is 0 Å². The molecular formula is C30H52O4. The smallest absolute Gasteiger partial charge is 0.303 e. The molecule has 0 N–H and O–H groups in total. The molecule has 1 aliphatic carbocycles. The first-order valence-corrected chi connectivity index (χ1v) is 14.3. The summed E-state index contributed by atoms with van der Waals surface area (Å²) in [6.07, 6.45) is 32.5. The standard InChI is InChI=1S/C30H52O4/c1-27(31)33-29-23-19-15-11-7-5-3-4-6-8-12-16-20-24-30(34-28(2)32)26-22-18-14-10-9-13-17-21-25-29/h19-20,23-24,29-30H,3-18,21-22,25-26H2,1-2H3/b23-19-,24-20-. The van der Waals surface area contributed by atoms with Crippen molar-refractivity contribution >= 4 is 11.9 Å². The van der Waals surface area contributed by atoms with Gasteiger partial charge in [0.05, 0.1) is 0 Å². The molecule has 0 heterocycles. The van der Waals surface area contributed by atoms with Crippen molar-refractivity contribution in [3.8, 4) is 0 Å². The number of hydrogen-bond acceptors (Lipinski definition) is 4. The Morgan fingerprint density at radius 2 is 0.794 bits per heavy atom. The van der Waals surface area contributed by atoms with Gasteiger partial charge in [0.2, 0.25) is 0 Å². The van der Waals surface area contributed by atoms with Gasteiger partial charge in [-0.25, -0.2) is 0 Å². The van der Waals surface area contributed by atoms with Gasteiger partial charge in [-0.15, -0.1) is 0 Å². The Morgan fingerprint density at radius 3 is 1.12 bits per heavy atom. The van der Waals surface area contributed by atoms with E-state index in [-0.39, 0.29) is 24.1 Å². The third-order valence-electron chi connectivity index (χ3n) is 6.56. The molecule has 0 saturated carbocycles. The van der Waals surface area contributed by atoms with Crippen molar-refractivity contribution in [2.45, 2.75) is 154 Å². The third-order valence-corrected chi connectivity index (χ3v) is 6.56. The van der Waals surface area contributed by atoms with Crippen molar-refractivity contribution in [2.75, 3.05) is 0 Å². The lowest BCUT2D eigenvalue weighted by Crippen LogP contribution is -2.13. The highest BCUT2D eigenvalue weighted by atomic mass is 16.5. The first kappa shape index (κ1) is 30.5. The van der Waals surface area contributed by atoms with Crippen LogP contribution in [0.3, 0.4) is 0 Å². The van der Waals surface area contributed by atoms with Gasteiger partial charge in [-0.3, -0.25) is 9.59 Å². The minimum absolute atomic E-state index is 0.0599. The third kappa shape index (κ3) is 19.9. The Hall–Kier alpha value is -1.58. The van der Waals surface area contributed by atoms with Crippen molar-refractivity contribution in [1.82, 2.24) is 0 Å². The summed E-state index contributed by atoms with van der Waals surface area (Å²) in [5, 5.41) is 0. The van der Waals surface area contributed by atoms with E-state index < -0.39 is 0 Å². The molecule has 2 atom stereocenters. The Morgan fingerprint density at radius 1 is 0.500 bits per heavy atom. The van der Waals surface area contributed by atoms with Gasteiger partial charge in [0, 0.05) is 13.8 Å². The fraction of sp³-hybridized carbons (Fsp3) is 0.800. The maximum atomic E-state index is 11.4. The fourth-order valence-corrected chi connectivity index (χ4v) is 4.65. The van der Waals surface area contributed by atoms with Crippen LogP contribution < -0.4 is 0 Å². The largest absolute Gasteiger partial charge is 0.458 e. The average Bonchev–Trinajstić information content (AvgIpc) is 2.78. The van der Waals surface area contributed by atoms with Crippen LogP contribution in [0.1, 0.15) is 142 Å². The molecule has 4 heteroatoms. The van der Waals surface area contributed by atoms with Gasteiger partial charge in [-0.05, 0) is 63.5 Å². The van der Waals surface area contributed by atoms with E-state index in [0.717, 1.165) is 38.5 Å². The second kappa shape index (κ2) is 21.9. The lowest BCUT2D eigenvalue weighted by molar-refractivity contribution is -0.145. The van der Waals surface area contributed by atoms with Crippen LogP contribution in [0.5, 0.6) is 0 Å². The number of esters is 2. The van der Waals surface area contributed by atoms with E-state index in [9.17, 15) is 9.59 Å². The molecule has 0 aromatic carbocycles. The average molecular weight is 477 g/mol. The molecule has 34 heavy (non-hydrogen) atoms. The molecule has 0 amide bonds. The van der Waals surface area contributed by atoms with Gasteiger partial charge in [0.25, 0.3) is 0 Å². The number of allylic oxidation sites excluding steroid dienone is 2. The van der Waals surface area contributed by atoms with Crippen LogP contribution in [0.4, 0.5) is 0 Å². The summed E-state index contributed by atoms with van der Waals surface area (Å²) >= 11 is 0. The van der Waals surface area contributed by atoms with Crippen LogP contribution in [-0.4, -0.2) is 24.1 Å². The van der Waals surface area contributed by atoms with Crippen molar-refractivity contribution in [1.29, 1.82) is 0 Å². The Balaban J connectivity index is 2.43. The first-order valence-electron chi connectivity index (χ1n) is 14.3. The zero-order valence-corrected chi connectivity index (χ0v) is 22.2. The molecule has 0 bridgehead atoms. The maximum absolute atomic E-state index is 11.4. The SMILES string of the molecule is CC(=O)OC1/C=C\CCCCCCCCCC/C=C\C(OC(C)=O)CCCCCCCCCC1. The normalized spacial score (nSPS) is 26.1. The first-order chi connectivity index (χ1) is 16.6. The molecule has 1 aliphatic rings. The monoisotopic (exact) mass is 476 g/mol. The summed E-state index contributed by atoms with van der Waals surface area (Å²) in [6, 6.07) is 0. The van der Waals surface area contributed by atoms with E-state index in [0.29, 0.717) is 0 Å². The molecule has 1 rings (SSSR count). The number of ether oxygens (including phenoxy) is 2. The molecule has 2 unspecified atom stereocenters. The minimum atomic E-state index is -0.180. The van der Waals surface area contributed by atoms with E-state index in [4.69, 9.17) is 9.47 Å². The molecule has 0 fully saturated rings. The van der Waals surface area contributed by atoms with E-state index in [1.165, 1.54) is 104 Å². The molecule has 0 spiro atoms. The van der Waals surface area contributed by atoms with Gasteiger partial charge in [0.1, 0.15) is 12.2 Å². The predicted molar refractivity (Wildman–Crippen MR) is 142 cm³/mol. The van der Waals surface area contributed by atoms with Crippen molar-refractivity contribution < 1.29 is 19.1 Å². The summed E-state index contributed by atoms with van der Waals surface area (Å²) < 4.78 is 11.0. The summed E-state index contributed by atoms with van der Waals surface area (Å²) in [7, 11) is 0. The van der Waals surface area contributed by atoms with E-state index >= 15 is 0 Å². The second-order valence-electron chi connectivity index (χ2n) is 9.96. The predicted octanol–water partition coefficient (Wildman–Crippen LogP) is 8.78. The minimum Gasteiger partial charge on any atom is -0.458 e. The van der Waals surface area contributed by atoms with E-state index in [1.54, 1.807) is 0 Å². The van der Waals surface area contributed by atoms with Crippen LogP contribution >= 0.6 is 0 Å². The lowest BCUT2D eigenvalue weighted by atomic mass is 10.0. The second-order valence-corrected chi connectivity index (χ2v) is 9.96. The van der Waals surface area contributed by atoms with Gasteiger partial charge < -0.3 is 9.47 Å². The molecule has 0 radical (unpaired) electrons. The topological polar surface area (TPSA) is 52.6 Å². The zero-order chi connectivity index (χ0) is 24.7. The summed E-state index contributed by atoms with van der Waals surface area (Å²) in [6.45, 7) is 3.02. The Kier molecular flexibility index (Phi) is 19.6. The maximum Gasteiger partial charge on any atom is 0.303 e. The Bertz CT molecular complexity index is 516. The van der Waals surface area contributed by atoms with E-state index in [2.05, 4.69) is 24.3 Å². The van der Waals surface area contributed by atoms with E-state index in [1.807, 2.05) is 0 Å². The molecule has 4 nitrogen and oxygen atoms in total. The number of hydrogen-bond donors (Lipinski definition) is 0. The lowest BCUT2D eigenvalue weighted by Gasteiger charge is -2.13. The highest BCUT2D eigenvalue weighted by Crippen LogP contribution is 2.16. The van der Waals surface area contributed by atoms with Crippen molar-refractivity contribution in [3.63, 3.8) is 0 Å². The van der Waals surface area contributed by atoms with Crippen LogP contribution in [0.2, 0.25) is 0 Å². The molecule has 0 aromatic rings. The van der Waals surface area contributed by atoms with Crippen molar-refractivity contribution in [3.05, 3.63) is 24.3 Å².